The van der Waals surface area contributed by atoms with Gasteiger partial charge in [-0.25, -0.2) is 9.97 Å². The molecule has 2 atom stereocenters. The summed E-state index contributed by atoms with van der Waals surface area (Å²) in [7, 11) is 1.51. The Labute approximate surface area is 267 Å². The van der Waals surface area contributed by atoms with Gasteiger partial charge >= 0.3 is 6.18 Å². The maximum Gasteiger partial charge on any atom is 0.419 e. The fraction of sp³-hybridized carbons (Fsp3) is 0.581. The first-order chi connectivity index (χ1) is 22.0. The summed E-state index contributed by atoms with van der Waals surface area (Å²) in [6.45, 7) is 11.1. The molecule has 3 heterocycles. The van der Waals surface area contributed by atoms with Crippen LogP contribution in [0.15, 0.2) is 30.6 Å². The Morgan fingerprint density at radius 1 is 0.957 bits per heavy atom. The standard InChI is InChI=1S/C18H20F3N5O2.C13H25N3O2/c1-12(27)25-5-7-26(8-6-25)14-3-4-15(16(9-14)28-2)24-17-22-10-13(11-23-17)18(19,20)21;1-3-5-15-12(17)10-7-11(9-14-8-10)13(18)16-6-4-2/h3-4,9-11H,5-8H2,1-2H3,(H,22,23,24);10-11,14H,3-9H2,1-2H3,(H,15,17)(H,16,18). The van der Waals surface area contributed by atoms with Gasteiger partial charge in [-0.2, -0.15) is 13.2 Å². The third-order valence-electron chi connectivity index (χ3n) is 7.69. The van der Waals surface area contributed by atoms with E-state index in [1.54, 1.807) is 17.9 Å². The number of carbonyl (C=O) groups is 3. The van der Waals surface area contributed by atoms with Crippen molar-refractivity contribution < 1.29 is 32.3 Å². The summed E-state index contributed by atoms with van der Waals surface area (Å²) in [4.78, 5) is 46.5. The molecular formula is C31H45F3N8O4. The van der Waals surface area contributed by atoms with E-state index in [2.05, 4.69) is 36.1 Å². The number of carbonyl (C=O) groups excluding carboxylic acids is 3. The van der Waals surface area contributed by atoms with E-state index in [9.17, 15) is 27.6 Å². The van der Waals surface area contributed by atoms with E-state index in [-0.39, 0.29) is 35.5 Å². The van der Waals surface area contributed by atoms with E-state index in [4.69, 9.17) is 4.74 Å². The van der Waals surface area contributed by atoms with Crippen LogP contribution in [0.3, 0.4) is 0 Å². The average Bonchev–Trinajstić information content (AvgIpc) is 3.06. The minimum Gasteiger partial charge on any atom is -0.494 e. The highest BCUT2D eigenvalue weighted by Crippen LogP contribution is 2.33. The fourth-order valence-electron chi connectivity index (χ4n) is 5.05. The van der Waals surface area contributed by atoms with E-state index in [0.717, 1.165) is 30.9 Å². The van der Waals surface area contributed by atoms with Crippen LogP contribution in [-0.2, 0) is 20.6 Å². The number of methoxy groups -OCH3 is 1. The maximum absolute atomic E-state index is 12.6. The number of rotatable bonds is 10. The summed E-state index contributed by atoms with van der Waals surface area (Å²) >= 11 is 0. The summed E-state index contributed by atoms with van der Waals surface area (Å²) in [5, 5.41) is 11.8. The molecule has 2 aliphatic heterocycles. The normalized spacial score (nSPS) is 18.2. The zero-order valence-corrected chi connectivity index (χ0v) is 26.9. The molecule has 15 heteroatoms. The Morgan fingerprint density at radius 3 is 2.00 bits per heavy atom. The van der Waals surface area contributed by atoms with Gasteiger partial charge in [0.25, 0.3) is 0 Å². The zero-order valence-electron chi connectivity index (χ0n) is 26.9. The highest BCUT2D eigenvalue weighted by atomic mass is 19.4. The molecule has 2 fully saturated rings. The van der Waals surface area contributed by atoms with Crippen LogP contribution in [0.5, 0.6) is 5.75 Å². The molecule has 254 valence electrons. The number of amides is 3. The van der Waals surface area contributed by atoms with Gasteiger partial charge in [-0.05, 0) is 31.4 Å². The number of hydrogen-bond acceptors (Lipinski definition) is 9. The predicted molar refractivity (Wildman–Crippen MR) is 169 cm³/mol. The Balaban J connectivity index is 0.000000277. The number of nitrogens with one attached hydrogen (secondary N) is 4. The van der Waals surface area contributed by atoms with Gasteiger partial charge < -0.3 is 35.8 Å². The van der Waals surface area contributed by atoms with Gasteiger partial charge in [0.2, 0.25) is 23.7 Å². The molecule has 4 N–H and O–H groups in total. The van der Waals surface area contributed by atoms with Crippen molar-refractivity contribution in [2.75, 3.05) is 69.7 Å². The van der Waals surface area contributed by atoms with Crippen molar-refractivity contribution in [2.24, 2.45) is 11.8 Å². The van der Waals surface area contributed by atoms with Gasteiger partial charge in [-0.1, -0.05) is 13.8 Å². The quantitative estimate of drug-likeness (QED) is 0.305. The van der Waals surface area contributed by atoms with Crippen LogP contribution in [0.1, 0.15) is 45.6 Å². The second kappa shape index (κ2) is 17.5. The van der Waals surface area contributed by atoms with Crippen molar-refractivity contribution in [2.45, 2.75) is 46.2 Å². The SMILES string of the molecule is CCCNC(=O)C1CNCC(C(=O)NCCC)C1.COc1cc(N2CCN(C(C)=O)CC2)ccc1Nc1ncc(C(F)(F)F)cn1. The molecule has 2 unspecified atom stereocenters. The topological polar surface area (TPSA) is 141 Å². The molecule has 0 aliphatic carbocycles. The number of halogens is 3. The van der Waals surface area contributed by atoms with Crippen molar-refractivity contribution in [1.82, 2.24) is 30.8 Å². The molecule has 0 saturated carbocycles. The molecule has 12 nitrogen and oxygen atoms in total. The smallest absolute Gasteiger partial charge is 0.419 e. The fourth-order valence-corrected chi connectivity index (χ4v) is 5.05. The van der Waals surface area contributed by atoms with Crippen molar-refractivity contribution >= 4 is 35.0 Å². The number of nitrogens with zero attached hydrogens (tertiary/aromatic N) is 4. The van der Waals surface area contributed by atoms with Crippen LogP contribution < -0.4 is 30.9 Å². The van der Waals surface area contributed by atoms with Crippen LogP contribution in [0, 0.1) is 11.8 Å². The van der Waals surface area contributed by atoms with Crippen molar-refractivity contribution in [1.29, 1.82) is 0 Å². The molecule has 1 aromatic carbocycles. The molecule has 2 aromatic rings. The van der Waals surface area contributed by atoms with Crippen LogP contribution in [-0.4, -0.2) is 92.1 Å². The van der Waals surface area contributed by atoms with E-state index >= 15 is 0 Å². The summed E-state index contributed by atoms with van der Waals surface area (Å²) in [5.41, 5.74) is 0.553. The number of piperazine rings is 1. The summed E-state index contributed by atoms with van der Waals surface area (Å²) in [5.74, 6) is 0.581. The highest BCUT2D eigenvalue weighted by molar-refractivity contribution is 5.82. The number of piperidine rings is 1. The molecule has 0 spiro atoms. The first-order valence-electron chi connectivity index (χ1n) is 15.6. The lowest BCUT2D eigenvalue weighted by atomic mass is 9.89. The minimum atomic E-state index is -4.48. The van der Waals surface area contributed by atoms with E-state index in [1.807, 2.05) is 26.0 Å². The van der Waals surface area contributed by atoms with Gasteiger partial charge in [0.15, 0.2) is 0 Å². The van der Waals surface area contributed by atoms with Crippen LogP contribution in [0.4, 0.5) is 30.5 Å². The number of ether oxygens (including phenoxy) is 1. The Kier molecular flexibility index (Phi) is 13.8. The second-order valence-electron chi connectivity index (χ2n) is 11.2. The van der Waals surface area contributed by atoms with E-state index < -0.39 is 11.7 Å². The molecule has 0 radical (unpaired) electrons. The largest absolute Gasteiger partial charge is 0.494 e. The van der Waals surface area contributed by atoms with Crippen LogP contribution in [0.25, 0.3) is 0 Å². The zero-order chi connectivity index (χ0) is 33.7. The van der Waals surface area contributed by atoms with Crippen molar-refractivity contribution in [3.05, 3.63) is 36.2 Å². The summed E-state index contributed by atoms with van der Waals surface area (Å²) < 4.78 is 43.2. The van der Waals surface area contributed by atoms with E-state index in [1.165, 1.54) is 7.11 Å². The molecule has 46 heavy (non-hydrogen) atoms. The lowest BCUT2D eigenvalue weighted by Gasteiger charge is -2.35. The molecule has 2 saturated heterocycles. The monoisotopic (exact) mass is 650 g/mol. The predicted octanol–water partition coefficient (Wildman–Crippen LogP) is 3.18. The Hall–Kier alpha value is -4.14. The third kappa shape index (κ3) is 10.7. The van der Waals surface area contributed by atoms with Crippen molar-refractivity contribution in [3.8, 4) is 5.75 Å². The number of hydrogen-bond donors (Lipinski definition) is 4. The summed E-state index contributed by atoms with van der Waals surface area (Å²) in [6.07, 6.45) is -0.504. The van der Waals surface area contributed by atoms with Gasteiger partial charge in [0.05, 0.1) is 30.2 Å². The van der Waals surface area contributed by atoms with Crippen LogP contribution in [0.2, 0.25) is 0 Å². The third-order valence-corrected chi connectivity index (χ3v) is 7.69. The molecule has 1 aromatic heterocycles. The molecule has 2 aliphatic rings. The lowest BCUT2D eigenvalue weighted by Crippen LogP contribution is -2.48. The number of benzene rings is 1. The van der Waals surface area contributed by atoms with Gasteiger partial charge in [0, 0.05) is 83.4 Å². The first-order valence-corrected chi connectivity index (χ1v) is 15.6. The minimum absolute atomic E-state index is 0.0362. The number of anilines is 3. The van der Waals surface area contributed by atoms with Gasteiger partial charge in [-0.15, -0.1) is 0 Å². The Bertz CT molecular complexity index is 1260. The average molecular weight is 651 g/mol. The number of aromatic nitrogens is 2. The molecule has 0 bridgehead atoms. The maximum atomic E-state index is 12.6. The Morgan fingerprint density at radius 2 is 1.52 bits per heavy atom. The highest BCUT2D eigenvalue weighted by Gasteiger charge is 2.32. The van der Waals surface area contributed by atoms with Gasteiger partial charge in [0.1, 0.15) is 5.75 Å². The molecular weight excluding hydrogens is 605 g/mol. The molecule has 3 amide bonds. The second-order valence-corrected chi connectivity index (χ2v) is 11.2. The van der Waals surface area contributed by atoms with Crippen LogP contribution >= 0.6 is 0 Å². The summed E-state index contributed by atoms with van der Waals surface area (Å²) in [6, 6.07) is 5.46. The number of alkyl halides is 3. The van der Waals surface area contributed by atoms with Crippen molar-refractivity contribution in [3.63, 3.8) is 0 Å². The lowest BCUT2D eigenvalue weighted by molar-refractivity contribution is -0.138. The first kappa shape index (κ1) is 36.3. The van der Waals surface area contributed by atoms with Gasteiger partial charge in [-0.3, -0.25) is 14.4 Å². The molecule has 4 rings (SSSR count). The van der Waals surface area contributed by atoms with E-state index in [0.29, 0.717) is 70.2 Å².